The van der Waals surface area contributed by atoms with Crippen molar-refractivity contribution < 1.29 is 13.2 Å². The quantitative estimate of drug-likeness (QED) is 0.656. The molecule has 0 fully saturated rings. The Morgan fingerprint density at radius 1 is 1.25 bits per heavy atom. The summed E-state index contributed by atoms with van der Waals surface area (Å²) in [6, 6.07) is 0.456. The molecule has 0 aromatic rings. The normalized spacial score (nSPS) is 14.4. The zero-order valence-electron chi connectivity index (χ0n) is 10.4. The first-order chi connectivity index (χ1) is 7.35. The number of alkyl halides is 3. The SMILES string of the molecule is CCNC(C)CCCCN(C)CC(F)(F)F. The van der Waals surface area contributed by atoms with Crippen LogP contribution in [0.2, 0.25) is 0 Å². The van der Waals surface area contributed by atoms with Crippen LogP contribution in [0.15, 0.2) is 0 Å². The van der Waals surface area contributed by atoms with Crippen LogP contribution < -0.4 is 5.32 Å². The van der Waals surface area contributed by atoms with Crippen LogP contribution in [0.4, 0.5) is 13.2 Å². The Balaban J connectivity index is 3.44. The molecule has 0 aliphatic heterocycles. The monoisotopic (exact) mass is 240 g/mol. The number of unbranched alkanes of at least 4 members (excludes halogenated alkanes) is 1. The molecule has 16 heavy (non-hydrogen) atoms. The van der Waals surface area contributed by atoms with Gasteiger partial charge in [0.05, 0.1) is 6.54 Å². The van der Waals surface area contributed by atoms with E-state index in [0.717, 1.165) is 25.8 Å². The summed E-state index contributed by atoms with van der Waals surface area (Å²) in [6.07, 6.45) is -1.27. The lowest BCUT2D eigenvalue weighted by atomic mass is 10.1. The first kappa shape index (κ1) is 15.7. The van der Waals surface area contributed by atoms with E-state index < -0.39 is 12.7 Å². The molecular formula is C11H23F3N2. The van der Waals surface area contributed by atoms with Crippen molar-refractivity contribution in [3.05, 3.63) is 0 Å². The molecule has 0 radical (unpaired) electrons. The Morgan fingerprint density at radius 3 is 2.38 bits per heavy atom. The maximum Gasteiger partial charge on any atom is 0.401 e. The predicted octanol–water partition coefficient (Wildman–Crippen LogP) is 2.65. The molecular weight excluding hydrogens is 217 g/mol. The van der Waals surface area contributed by atoms with Gasteiger partial charge in [-0.15, -0.1) is 0 Å². The number of hydrogen-bond donors (Lipinski definition) is 1. The molecule has 1 unspecified atom stereocenters. The molecule has 0 saturated carbocycles. The molecule has 0 aliphatic carbocycles. The van der Waals surface area contributed by atoms with Gasteiger partial charge in [0, 0.05) is 6.04 Å². The highest BCUT2D eigenvalue weighted by Crippen LogP contribution is 2.15. The Morgan fingerprint density at radius 2 is 1.88 bits per heavy atom. The molecule has 2 nitrogen and oxygen atoms in total. The third-order valence-corrected chi connectivity index (χ3v) is 2.43. The van der Waals surface area contributed by atoms with Gasteiger partial charge in [-0.05, 0) is 39.9 Å². The molecule has 0 heterocycles. The average Bonchev–Trinajstić information content (AvgIpc) is 2.10. The molecule has 0 bridgehead atoms. The number of halogens is 3. The molecule has 1 atom stereocenters. The van der Waals surface area contributed by atoms with E-state index in [1.165, 1.54) is 11.9 Å². The largest absolute Gasteiger partial charge is 0.401 e. The summed E-state index contributed by atoms with van der Waals surface area (Å²) >= 11 is 0. The van der Waals surface area contributed by atoms with E-state index in [1.54, 1.807) is 0 Å². The van der Waals surface area contributed by atoms with Crippen molar-refractivity contribution in [3.8, 4) is 0 Å². The molecule has 1 N–H and O–H groups in total. The van der Waals surface area contributed by atoms with Crippen molar-refractivity contribution in [2.75, 3.05) is 26.7 Å². The van der Waals surface area contributed by atoms with Gasteiger partial charge in [0.1, 0.15) is 0 Å². The van der Waals surface area contributed by atoms with Crippen molar-refractivity contribution >= 4 is 0 Å². The van der Waals surface area contributed by atoms with Crippen LogP contribution in [0.5, 0.6) is 0 Å². The molecule has 5 heteroatoms. The second-order valence-electron chi connectivity index (χ2n) is 4.31. The van der Waals surface area contributed by atoms with Crippen molar-refractivity contribution in [1.82, 2.24) is 10.2 Å². The van der Waals surface area contributed by atoms with Gasteiger partial charge in [0.15, 0.2) is 0 Å². The molecule has 0 amide bonds. The summed E-state index contributed by atoms with van der Waals surface area (Å²) in [4.78, 5) is 1.33. The summed E-state index contributed by atoms with van der Waals surface area (Å²) in [5, 5.41) is 3.28. The lowest BCUT2D eigenvalue weighted by molar-refractivity contribution is -0.143. The van der Waals surface area contributed by atoms with Gasteiger partial charge in [-0.3, -0.25) is 4.90 Å². The van der Waals surface area contributed by atoms with E-state index >= 15 is 0 Å². The summed E-state index contributed by atoms with van der Waals surface area (Å²) in [5.74, 6) is 0. The summed E-state index contributed by atoms with van der Waals surface area (Å²) in [7, 11) is 1.52. The van der Waals surface area contributed by atoms with Gasteiger partial charge in [0.25, 0.3) is 0 Å². The molecule has 0 aliphatic rings. The van der Waals surface area contributed by atoms with Gasteiger partial charge in [-0.25, -0.2) is 0 Å². The van der Waals surface area contributed by atoms with Crippen molar-refractivity contribution in [3.63, 3.8) is 0 Å². The Labute approximate surface area is 96.2 Å². The van der Waals surface area contributed by atoms with Crippen LogP contribution in [-0.4, -0.2) is 43.8 Å². The van der Waals surface area contributed by atoms with Crippen LogP contribution in [0.3, 0.4) is 0 Å². The number of rotatable bonds is 8. The highest BCUT2D eigenvalue weighted by atomic mass is 19.4. The lowest BCUT2D eigenvalue weighted by Gasteiger charge is -2.19. The number of nitrogens with zero attached hydrogens (tertiary/aromatic N) is 1. The minimum atomic E-state index is -4.08. The third kappa shape index (κ3) is 10.2. The predicted molar refractivity (Wildman–Crippen MR) is 60.5 cm³/mol. The molecule has 0 aromatic carbocycles. The van der Waals surface area contributed by atoms with E-state index in [0.29, 0.717) is 12.6 Å². The minimum absolute atomic E-state index is 0.456. The summed E-state index contributed by atoms with van der Waals surface area (Å²) in [5.41, 5.74) is 0. The molecule has 0 spiro atoms. The average molecular weight is 240 g/mol. The van der Waals surface area contributed by atoms with Gasteiger partial charge in [-0.1, -0.05) is 13.3 Å². The van der Waals surface area contributed by atoms with E-state index in [4.69, 9.17) is 0 Å². The molecule has 0 aromatic heterocycles. The third-order valence-electron chi connectivity index (χ3n) is 2.43. The topological polar surface area (TPSA) is 15.3 Å². The minimum Gasteiger partial charge on any atom is -0.315 e. The van der Waals surface area contributed by atoms with Crippen LogP contribution in [-0.2, 0) is 0 Å². The fourth-order valence-electron chi connectivity index (χ4n) is 1.67. The standard InChI is InChI=1S/C11H23F3N2/c1-4-15-10(2)7-5-6-8-16(3)9-11(12,13)14/h10,15H,4-9H2,1-3H3. The van der Waals surface area contributed by atoms with E-state index in [2.05, 4.69) is 12.2 Å². The Kier molecular flexibility index (Phi) is 7.76. The first-order valence-electron chi connectivity index (χ1n) is 5.84. The maximum absolute atomic E-state index is 12.0. The summed E-state index contributed by atoms with van der Waals surface area (Å²) < 4.78 is 36.0. The second kappa shape index (κ2) is 7.90. The van der Waals surface area contributed by atoms with Crippen LogP contribution in [0, 0.1) is 0 Å². The maximum atomic E-state index is 12.0. The highest BCUT2D eigenvalue weighted by Gasteiger charge is 2.28. The van der Waals surface area contributed by atoms with Crippen molar-refractivity contribution in [2.24, 2.45) is 0 Å². The van der Waals surface area contributed by atoms with E-state index in [9.17, 15) is 13.2 Å². The summed E-state index contributed by atoms with van der Waals surface area (Å²) in [6.45, 7) is 4.79. The van der Waals surface area contributed by atoms with Crippen LogP contribution >= 0.6 is 0 Å². The second-order valence-corrected chi connectivity index (χ2v) is 4.31. The molecule has 0 rings (SSSR count). The van der Waals surface area contributed by atoms with Gasteiger partial charge in [-0.2, -0.15) is 13.2 Å². The lowest BCUT2D eigenvalue weighted by Crippen LogP contribution is -2.32. The first-order valence-corrected chi connectivity index (χ1v) is 5.84. The molecule has 0 saturated heterocycles. The smallest absolute Gasteiger partial charge is 0.315 e. The fraction of sp³-hybridized carbons (Fsp3) is 1.00. The zero-order valence-corrected chi connectivity index (χ0v) is 10.4. The Bertz CT molecular complexity index is 171. The van der Waals surface area contributed by atoms with Crippen LogP contribution in [0.1, 0.15) is 33.1 Å². The van der Waals surface area contributed by atoms with E-state index in [-0.39, 0.29) is 0 Å². The van der Waals surface area contributed by atoms with E-state index in [1.807, 2.05) is 6.92 Å². The van der Waals surface area contributed by atoms with Gasteiger partial charge in [0.2, 0.25) is 0 Å². The van der Waals surface area contributed by atoms with Crippen molar-refractivity contribution in [2.45, 2.75) is 45.3 Å². The highest BCUT2D eigenvalue weighted by molar-refractivity contribution is 4.62. The van der Waals surface area contributed by atoms with Crippen LogP contribution in [0.25, 0.3) is 0 Å². The van der Waals surface area contributed by atoms with Gasteiger partial charge < -0.3 is 5.32 Å². The number of hydrogen-bond acceptors (Lipinski definition) is 2. The fourth-order valence-corrected chi connectivity index (χ4v) is 1.67. The zero-order chi connectivity index (χ0) is 12.6. The molecule has 98 valence electrons. The van der Waals surface area contributed by atoms with Crippen molar-refractivity contribution in [1.29, 1.82) is 0 Å². The Hall–Kier alpha value is -0.290. The number of nitrogens with one attached hydrogen (secondary N) is 1. The van der Waals surface area contributed by atoms with Gasteiger partial charge >= 0.3 is 6.18 Å².